The molecule has 3 N–H and O–H groups in total. The van der Waals surface area contributed by atoms with E-state index in [1.165, 1.54) is 39.0 Å². The van der Waals surface area contributed by atoms with Gasteiger partial charge in [0, 0.05) is 12.5 Å². The van der Waals surface area contributed by atoms with Gasteiger partial charge in [-0.2, -0.15) is 0 Å². The Kier molecular flexibility index (Phi) is 4.46. The van der Waals surface area contributed by atoms with E-state index in [0.29, 0.717) is 17.2 Å². The van der Waals surface area contributed by atoms with Crippen molar-refractivity contribution in [2.75, 3.05) is 45.8 Å². The third kappa shape index (κ3) is 3.15. The van der Waals surface area contributed by atoms with E-state index in [2.05, 4.69) is 30.1 Å². The summed E-state index contributed by atoms with van der Waals surface area (Å²) in [7, 11) is 0. The summed E-state index contributed by atoms with van der Waals surface area (Å²) < 4.78 is 0. The van der Waals surface area contributed by atoms with Crippen LogP contribution in [0.15, 0.2) is 11.6 Å². The zero-order chi connectivity index (χ0) is 16.7. The Morgan fingerprint density at radius 1 is 1.33 bits per heavy atom. The molecule has 5 rings (SSSR count). The molecule has 4 nitrogen and oxygen atoms in total. The monoisotopic (exact) mass is 333 g/mol. The molecule has 4 heteroatoms. The molecular formula is C20H35N3O+2. The van der Waals surface area contributed by atoms with Gasteiger partial charge in [-0.05, 0) is 42.9 Å². The second-order valence-corrected chi connectivity index (χ2v) is 9.22. The second kappa shape index (κ2) is 6.45. The Bertz CT molecular complexity index is 517. The quantitative estimate of drug-likeness (QED) is 0.643. The highest BCUT2D eigenvalue weighted by atomic mass is 16.2. The van der Waals surface area contributed by atoms with Crippen LogP contribution in [-0.4, -0.2) is 56.6 Å². The minimum Gasteiger partial charge on any atom is -0.337 e. The fourth-order valence-corrected chi connectivity index (χ4v) is 5.16. The predicted molar refractivity (Wildman–Crippen MR) is 94.6 cm³/mol. The van der Waals surface area contributed by atoms with Crippen LogP contribution >= 0.6 is 0 Å². The average molecular weight is 334 g/mol. The molecule has 0 aromatic heterocycles. The number of carbonyl (C=O) groups excluding carboxylic acids is 1. The number of piperazine rings is 1. The summed E-state index contributed by atoms with van der Waals surface area (Å²) in [5, 5.41) is 2.42. The summed E-state index contributed by atoms with van der Waals surface area (Å²) in [6, 6.07) is 0. The van der Waals surface area contributed by atoms with Crippen LogP contribution in [0.4, 0.5) is 0 Å². The molecule has 0 radical (unpaired) electrons. The van der Waals surface area contributed by atoms with Crippen LogP contribution in [0, 0.1) is 23.2 Å². The maximum Gasteiger partial charge on any atom is 0.226 e. The molecular weight excluding hydrogens is 298 g/mol. The molecule has 1 amide bonds. The molecule has 4 aliphatic carbocycles. The van der Waals surface area contributed by atoms with Crippen LogP contribution in [0.25, 0.3) is 0 Å². The molecule has 5 aliphatic rings. The molecule has 2 bridgehead atoms. The number of allylic oxidation sites excluding steroid dienone is 1. The molecule has 0 aromatic rings. The van der Waals surface area contributed by atoms with Crippen LogP contribution in [0.1, 0.15) is 39.5 Å². The van der Waals surface area contributed by atoms with Crippen molar-refractivity contribution in [1.29, 1.82) is 0 Å². The highest BCUT2D eigenvalue weighted by Crippen LogP contribution is 2.59. The standard InChI is InChI=1S/C20H33N3O/c1-20(2)17-6-5-16(18(20)13-17)14-23(19(24)15-3-4-15)12-11-22-9-7-21-8-10-22/h5,15,17-18,21H,3-4,6-14H2,1-2H3/p+2/t17-,18-/m1/s1. The molecule has 2 saturated carbocycles. The van der Waals surface area contributed by atoms with E-state index in [0.717, 1.165) is 44.3 Å². The van der Waals surface area contributed by atoms with Crippen molar-refractivity contribution >= 4 is 5.91 Å². The summed E-state index contributed by atoms with van der Waals surface area (Å²) >= 11 is 0. The number of nitrogens with zero attached hydrogens (tertiary/aromatic N) is 1. The summed E-state index contributed by atoms with van der Waals surface area (Å²) in [6.45, 7) is 12.9. The van der Waals surface area contributed by atoms with Crippen molar-refractivity contribution in [3.63, 3.8) is 0 Å². The lowest BCUT2D eigenvalue weighted by Gasteiger charge is -2.57. The van der Waals surface area contributed by atoms with Crippen LogP contribution < -0.4 is 10.2 Å². The molecule has 1 heterocycles. The number of nitrogens with one attached hydrogen (secondary N) is 1. The van der Waals surface area contributed by atoms with Crippen LogP contribution in [0.2, 0.25) is 0 Å². The fraction of sp³-hybridized carbons (Fsp3) is 0.850. The first-order chi connectivity index (χ1) is 11.6. The van der Waals surface area contributed by atoms with Crippen molar-refractivity contribution in [3.8, 4) is 0 Å². The third-order valence-electron chi connectivity index (χ3n) is 7.33. The van der Waals surface area contributed by atoms with E-state index in [-0.39, 0.29) is 0 Å². The van der Waals surface area contributed by atoms with Gasteiger partial charge < -0.3 is 15.1 Å². The fourth-order valence-electron chi connectivity index (χ4n) is 5.16. The number of rotatable bonds is 6. The van der Waals surface area contributed by atoms with Crippen molar-refractivity contribution < 1.29 is 15.0 Å². The lowest BCUT2D eigenvalue weighted by molar-refractivity contribution is -0.946. The number of hydrogen-bond acceptors (Lipinski definition) is 1. The van der Waals surface area contributed by atoms with Crippen molar-refractivity contribution in [1.82, 2.24) is 4.90 Å². The van der Waals surface area contributed by atoms with E-state index < -0.39 is 0 Å². The number of quaternary nitrogens is 2. The topological polar surface area (TPSA) is 41.4 Å². The Hall–Kier alpha value is -0.870. The van der Waals surface area contributed by atoms with Gasteiger partial charge in [-0.3, -0.25) is 4.79 Å². The largest absolute Gasteiger partial charge is 0.337 e. The first kappa shape index (κ1) is 16.6. The number of nitrogens with two attached hydrogens (primary N) is 1. The van der Waals surface area contributed by atoms with Gasteiger partial charge >= 0.3 is 0 Å². The molecule has 3 fully saturated rings. The molecule has 134 valence electrons. The van der Waals surface area contributed by atoms with Crippen LogP contribution in [-0.2, 0) is 4.79 Å². The normalized spacial score (nSPS) is 32.0. The highest BCUT2D eigenvalue weighted by Gasteiger charge is 2.51. The number of amides is 1. The lowest BCUT2D eigenvalue weighted by Crippen LogP contribution is -3.20. The number of fused-ring (bicyclic) bond motifs is 1. The van der Waals surface area contributed by atoms with Gasteiger partial charge in [0.15, 0.2) is 0 Å². The van der Waals surface area contributed by atoms with Crippen LogP contribution in [0.3, 0.4) is 0 Å². The van der Waals surface area contributed by atoms with E-state index >= 15 is 0 Å². The van der Waals surface area contributed by atoms with E-state index in [4.69, 9.17) is 0 Å². The van der Waals surface area contributed by atoms with E-state index in [9.17, 15) is 4.79 Å². The predicted octanol–water partition coefficient (Wildman–Crippen LogP) is -0.321. The Labute approximate surface area is 146 Å². The SMILES string of the molecule is CC1(C)[C@@H]2CC=C(CN(CC[NH+]3CC[NH2+]CC3)C(=O)C3CC3)[C@H]1C2. The second-order valence-electron chi connectivity index (χ2n) is 9.22. The lowest BCUT2D eigenvalue weighted by atomic mass is 9.49. The van der Waals surface area contributed by atoms with E-state index in [1.54, 1.807) is 10.5 Å². The molecule has 0 spiro atoms. The van der Waals surface area contributed by atoms with Gasteiger partial charge in [-0.1, -0.05) is 25.5 Å². The number of hydrogen-bond donors (Lipinski definition) is 2. The van der Waals surface area contributed by atoms with Gasteiger partial charge in [-0.25, -0.2) is 0 Å². The molecule has 0 aromatic carbocycles. The highest BCUT2D eigenvalue weighted by molar-refractivity contribution is 5.81. The first-order valence-electron chi connectivity index (χ1n) is 10.2. The maximum atomic E-state index is 12.8. The smallest absolute Gasteiger partial charge is 0.226 e. The van der Waals surface area contributed by atoms with Crippen LogP contribution in [0.5, 0.6) is 0 Å². The minimum atomic E-state index is 0.348. The van der Waals surface area contributed by atoms with Crippen molar-refractivity contribution in [3.05, 3.63) is 11.6 Å². The van der Waals surface area contributed by atoms with Crippen molar-refractivity contribution in [2.45, 2.75) is 39.5 Å². The maximum absolute atomic E-state index is 12.8. The Morgan fingerprint density at radius 2 is 2.08 bits per heavy atom. The van der Waals surface area contributed by atoms with Gasteiger partial charge in [0.1, 0.15) is 26.2 Å². The average Bonchev–Trinajstić information content (AvgIpc) is 3.44. The van der Waals surface area contributed by atoms with Gasteiger partial charge in [0.05, 0.1) is 13.1 Å². The molecule has 1 saturated heterocycles. The Morgan fingerprint density at radius 3 is 2.71 bits per heavy atom. The van der Waals surface area contributed by atoms with Gasteiger partial charge in [0.2, 0.25) is 5.91 Å². The molecule has 1 aliphatic heterocycles. The van der Waals surface area contributed by atoms with Gasteiger partial charge in [0.25, 0.3) is 0 Å². The summed E-state index contributed by atoms with van der Waals surface area (Å²) in [4.78, 5) is 16.7. The zero-order valence-electron chi connectivity index (χ0n) is 15.5. The molecule has 0 unspecified atom stereocenters. The summed E-state index contributed by atoms with van der Waals surface area (Å²) in [6.07, 6.45) is 7.31. The van der Waals surface area contributed by atoms with Crippen molar-refractivity contribution in [2.24, 2.45) is 23.2 Å². The first-order valence-corrected chi connectivity index (χ1v) is 10.2. The minimum absolute atomic E-state index is 0.348. The number of carbonyl (C=O) groups is 1. The van der Waals surface area contributed by atoms with Gasteiger partial charge in [-0.15, -0.1) is 0 Å². The zero-order valence-corrected chi connectivity index (χ0v) is 15.5. The third-order valence-corrected chi connectivity index (χ3v) is 7.33. The molecule has 2 atom stereocenters. The van der Waals surface area contributed by atoms with E-state index in [1.807, 2.05) is 0 Å². The molecule has 24 heavy (non-hydrogen) atoms. The summed E-state index contributed by atoms with van der Waals surface area (Å²) in [5.74, 6) is 2.40. The summed E-state index contributed by atoms with van der Waals surface area (Å²) in [5.41, 5.74) is 2.03. The Balaban J connectivity index is 1.39.